The lowest BCUT2D eigenvalue weighted by Crippen LogP contribution is -2.55. The summed E-state index contributed by atoms with van der Waals surface area (Å²) in [5, 5.41) is 11.9. The highest BCUT2D eigenvalue weighted by Crippen LogP contribution is 2.27. The van der Waals surface area contributed by atoms with Crippen molar-refractivity contribution in [3.63, 3.8) is 0 Å². The zero-order chi connectivity index (χ0) is 28.9. The molecule has 3 atom stereocenters. The molecule has 0 aromatic heterocycles. The molecular formula is C32H34F2N2O4. The number of imide groups is 1. The minimum absolute atomic E-state index is 0.0518. The second-order valence-electron chi connectivity index (χ2n) is 11.0. The minimum Gasteiger partial charge on any atom is -0.443 e. The number of amides is 2. The van der Waals surface area contributed by atoms with Gasteiger partial charge in [-0.15, -0.1) is 0 Å². The average Bonchev–Trinajstić information content (AvgIpc) is 3.28. The lowest BCUT2D eigenvalue weighted by atomic mass is 9.93. The number of nitrogens with zero attached hydrogens (tertiary/aromatic N) is 2. The van der Waals surface area contributed by atoms with Crippen molar-refractivity contribution < 1.29 is 28.2 Å². The van der Waals surface area contributed by atoms with Gasteiger partial charge in [-0.3, -0.25) is 9.69 Å². The van der Waals surface area contributed by atoms with Crippen LogP contribution in [0.15, 0.2) is 91.0 Å². The highest BCUT2D eigenvalue weighted by molar-refractivity contribution is 6.01. The van der Waals surface area contributed by atoms with Crippen molar-refractivity contribution in [2.45, 2.75) is 64.1 Å². The molecule has 210 valence electrons. The number of hydrogen-bond acceptors (Lipinski definition) is 5. The molecule has 0 fully saturated rings. The van der Waals surface area contributed by atoms with Crippen LogP contribution in [-0.2, 0) is 29.0 Å². The molecule has 0 bridgehead atoms. The van der Waals surface area contributed by atoms with Crippen LogP contribution in [0.2, 0.25) is 0 Å². The van der Waals surface area contributed by atoms with E-state index in [4.69, 9.17) is 4.74 Å². The van der Waals surface area contributed by atoms with E-state index in [-0.39, 0.29) is 6.42 Å². The standard InChI is InChI=1S/C32H34F2N2O4/c1-32(2,3)40-31(39)36-27(14-15-29(36)37)30(38)28(18-24-16-25(33)19-26(34)17-24)35(20-22-10-6-4-7-11-22)21-23-12-8-5-9-13-23/h4-17,19,27-28,30,38H,18,20-21H2,1-3H3/t27?,28-,30+/m0/s1. The first-order chi connectivity index (χ1) is 19.0. The first-order valence-electron chi connectivity index (χ1n) is 13.2. The number of carbonyl (C=O) groups excluding carboxylic acids is 2. The number of hydrogen-bond donors (Lipinski definition) is 1. The zero-order valence-corrected chi connectivity index (χ0v) is 22.8. The third-order valence-corrected chi connectivity index (χ3v) is 6.60. The number of rotatable bonds is 9. The smallest absolute Gasteiger partial charge is 0.417 e. The predicted octanol–water partition coefficient (Wildman–Crippen LogP) is 5.64. The molecule has 1 N–H and O–H groups in total. The summed E-state index contributed by atoms with van der Waals surface area (Å²) in [6, 6.07) is 20.7. The highest BCUT2D eigenvalue weighted by Gasteiger charge is 2.43. The second kappa shape index (κ2) is 12.5. The normalized spacial score (nSPS) is 16.8. The van der Waals surface area contributed by atoms with Crippen LogP contribution in [0.1, 0.15) is 37.5 Å². The molecule has 1 heterocycles. The molecule has 1 unspecified atom stereocenters. The third kappa shape index (κ3) is 7.61. The zero-order valence-electron chi connectivity index (χ0n) is 22.8. The van der Waals surface area contributed by atoms with E-state index >= 15 is 0 Å². The molecular weight excluding hydrogens is 514 g/mol. The number of ether oxygens (including phenoxy) is 1. The molecule has 1 aliphatic rings. The Labute approximate surface area is 233 Å². The van der Waals surface area contributed by atoms with Crippen LogP contribution in [0, 0.1) is 11.6 Å². The van der Waals surface area contributed by atoms with E-state index in [1.54, 1.807) is 20.8 Å². The Kier molecular flexibility index (Phi) is 9.12. The van der Waals surface area contributed by atoms with Crippen molar-refractivity contribution in [1.29, 1.82) is 0 Å². The molecule has 0 saturated carbocycles. The van der Waals surface area contributed by atoms with Gasteiger partial charge in [-0.2, -0.15) is 0 Å². The number of carbonyl (C=O) groups is 2. The molecule has 8 heteroatoms. The van der Waals surface area contributed by atoms with Gasteiger partial charge in [0.25, 0.3) is 5.91 Å². The van der Waals surface area contributed by atoms with Crippen LogP contribution < -0.4 is 0 Å². The maximum Gasteiger partial charge on any atom is 0.417 e. The molecule has 6 nitrogen and oxygen atoms in total. The molecule has 40 heavy (non-hydrogen) atoms. The molecule has 0 radical (unpaired) electrons. The fourth-order valence-corrected chi connectivity index (χ4v) is 4.87. The molecule has 0 spiro atoms. The van der Waals surface area contributed by atoms with E-state index in [9.17, 15) is 23.5 Å². The largest absolute Gasteiger partial charge is 0.443 e. The van der Waals surface area contributed by atoms with Crippen LogP contribution in [-0.4, -0.2) is 50.7 Å². The maximum atomic E-state index is 14.2. The van der Waals surface area contributed by atoms with Gasteiger partial charge in [0.15, 0.2) is 0 Å². The van der Waals surface area contributed by atoms with Gasteiger partial charge in [0.1, 0.15) is 17.2 Å². The molecule has 1 aliphatic heterocycles. The van der Waals surface area contributed by atoms with Crippen molar-refractivity contribution in [2.75, 3.05) is 0 Å². The number of halogens is 2. The summed E-state index contributed by atoms with van der Waals surface area (Å²) in [4.78, 5) is 28.7. The number of aliphatic hydroxyl groups is 1. The van der Waals surface area contributed by atoms with Gasteiger partial charge in [0.2, 0.25) is 0 Å². The Bertz CT molecular complexity index is 1280. The summed E-state index contributed by atoms with van der Waals surface area (Å²) >= 11 is 0. The summed E-state index contributed by atoms with van der Waals surface area (Å²) in [6.07, 6.45) is 0.569. The van der Waals surface area contributed by atoms with E-state index in [1.165, 1.54) is 24.3 Å². The SMILES string of the molecule is CC(C)(C)OC(=O)N1C(=O)C=CC1[C@@H](O)[C@H](Cc1cc(F)cc(F)c1)N(Cc1ccccc1)Cc1ccccc1. The van der Waals surface area contributed by atoms with Crippen molar-refractivity contribution in [3.05, 3.63) is 119 Å². The topological polar surface area (TPSA) is 70.1 Å². The highest BCUT2D eigenvalue weighted by atomic mass is 19.1. The first-order valence-corrected chi connectivity index (χ1v) is 13.2. The lowest BCUT2D eigenvalue weighted by molar-refractivity contribution is -0.127. The van der Waals surface area contributed by atoms with E-state index < -0.39 is 47.4 Å². The second-order valence-corrected chi connectivity index (χ2v) is 11.0. The van der Waals surface area contributed by atoms with Crippen LogP contribution in [0.25, 0.3) is 0 Å². The van der Waals surface area contributed by atoms with Gasteiger partial charge in [-0.05, 0) is 56.0 Å². The van der Waals surface area contributed by atoms with Crippen molar-refractivity contribution >= 4 is 12.0 Å². The summed E-state index contributed by atoms with van der Waals surface area (Å²) in [6.45, 7) is 5.85. The van der Waals surface area contributed by atoms with Gasteiger partial charge in [0.05, 0.1) is 12.1 Å². The Morgan fingerprint density at radius 3 is 1.95 bits per heavy atom. The Morgan fingerprint density at radius 1 is 0.925 bits per heavy atom. The molecule has 2 amide bonds. The number of aliphatic hydroxyl groups excluding tert-OH is 1. The van der Waals surface area contributed by atoms with Crippen LogP contribution in [0.5, 0.6) is 0 Å². The monoisotopic (exact) mass is 548 g/mol. The van der Waals surface area contributed by atoms with Gasteiger partial charge in [-0.25, -0.2) is 18.5 Å². The first kappa shape index (κ1) is 29.1. The fourth-order valence-electron chi connectivity index (χ4n) is 4.87. The van der Waals surface area contributed by atoms with Gasteiger partial charge < -0.3 is 9.84 Å². The predicted molar refractivity (Wildman–Crippen MR) is 148 cm³/mol. The lowest BCUT2D eigenvalue weighted by Gasteiger charge is -2.39. The molecule has 3 aromatic rings. The summed E-state index contributed by atoms with van der Waals surface area (Å²) < 4.78 is 33.9. The molecule has 4 rings (SSSR count). The molecule has 3 aromatic carbocycles. The maximum absolute atomic E-state index is 14.2. The quantitative estimate of drug-likeness (QED) is 0.375. The Balaban J connectivity index is 1.74. The van der Waals surface area contributed by atoms with Crippen LogP contribution >= 0.6 is 0 Å². The fraction of sp³-hybridized carbons (Fsp3) is 0.312. The Hall–Kier alpha value is -3.88. The minimum atomic E-state index is -1.31. The van der Waals surface area contributed by atoms with Crippen molar-refractivity contribution in [2.24, 2.45) is 0 Å². The van der Waals surface area contributed by atoms with E-state index in [2.05, 4.69) is 0 Å². The van der Waals surface area contributed by atoms with Crippen LogP contribution in [0.4, 0.5) is 13.6 Å². The number of benzene rings is 3. The summed E-state index contributed by atoms with van der Waals surface area (Å²) in [5.41, 5.74) is 1.40. The van der Waals surface area contributed by atoms with Crippen LogP contribution in [0.3, 0.4) is 0 Å². The van der Waals surface area contributed by atoms with E-state index in [1.807, 2.05) is 65.6 Å². The van der Waals surface area contributed by atoms with Gasteiger partial charge in [0, 0.05) is 31.3 Å². The summed E-state index contributed by atoms with van der Waals surface area (Å²) in [7, 11) is 0. The summed E-state index contributed by atoms with van der Waals surface area (Å²) in [5.74, 6) is -2.06. The third-order valence-electron chi connectivity index (χ3n) is 6.60. The average molecular weight is 549 g/mol. The van der Waals surface area contributed by atoms with Crippen molar-refractivity contribution in [3.8, 4) is 0 Å². The van der Waals surface area contributed by atoms with Crippen molar-refractivity contribution in [1.82, 2.24) is 9.80 Å². The molecule has 0 saturated heterocycles. The Morgan fingerprint density at radius 2 is 1.45 bits per heavy atom. The molecule has 0 aliphatic carbocycles. The van der Waals surface area contributed by atoms with Gasteiger partial charge >= 0.3 is 6.09 Å². The van der Waals surface area contributed by atoms with E-state index in [0.717, 1.165) is 22.1 Å². The van der Waals surface area contributed by atoms with E-state index in [0.29, 0.717) is 18.7 Å². The van der Waals surface area contributed by atoms with Gasteiger partial charge in [-0.1, -0.05) is 66.7 Å².